The summed E-state index contributed by atoms with van der Waals surface area (Å²) in [5.41, 5.74) is 6.38. The number of benzene rings is 1. The van der Waals surface area contributed by atoms with Crippen molar-refractivity contribution >= 4 is 5.69 Å². The predicted molar refractivity (Wildman–Crippen MR) is 59.2 cm³/mol. The fraction of sp³-hybridized carbons (Fsp3) is 0.455. The van der Waals surface area contributed by atoms with E-state index in [0.717, 1.165) is 0 Å². The highest BCUT2D eigenvalue weighted by atomic mass is 16.6. The standard InChI is InChI=1S/C11H15NO4/c1-13-10-3-8(12)9(4-11(10)14-2)16-7-5-15-6-7/h3-4,7H,5-6,12H2,1-2H3. The van der Waals surface area contributed by atoms with Crippen LogP contribution in [0.4, 0.5) is 5.69 Å². The van der Waals surface area contributed by atoms with Crippen molar-refractivity contribution in [2.45, 2.75) is 6.10 Å². The molecule has 5 nitrogen and oxygen atoms in total. The van der Waals surface area contributed by atoms with E-state index in [1.807, 2.05) is 0 Å². The summed E-state index contributed by atoms with van der Waals surface area (Å²) >= 11 is 0. The number of nitrogens with two attached hydrogens (primary N) is 1. The Labute approximate surface area is 94.0 Å². The van der Waals surface area contributed by atoms with E-state index in [0.29, 0.717) is 36.1 Å². The average Bonchev–Trinajstić information content (AvgIpc) is 2.24. The van der Waals surface area contributed by atoms with Crippen molar-refractivity contribution in [3.8, 4) is 17.2 Å². The quantitative estimate of drug-likeness (QED) is 0.776. The molecule has 5 heteroatoms. The molecule has 1 aromatic carbocycles. The van der Waals surface area contributed by atoms with Gasteiger partial charge in [-0.05, 0) is 0 Å². The van der Waals surface area contributed by atoms with Crippen molar-refractivity contribution in [3.63, 3.8) is 0 Å². The lowest BCUT2D eigenvalue weighted by atomic mass is 10.2. The van der Waals surface area contributed by atoms with Crippen molar-refractivity contribution < 1.29 is 18.9 Å². The number of ether oxygens (including phenoxy) is 4. The summed E-state index contributed by atoms with van der Waals surface area (Å²) in [7, 11) is 3.14. The average molecular weight is 225 g/mol. The zero-order valence-corrected chi connectivity index (χ0v) is 9.36. The van der Waals surface area contributed by atoms with Gasteiger partial charge in [0.2, 0.25) is 0 Å². The molecular weight excluding hydrogens is 210 g/mol. The number of anilines is 1. The Kier molecular flexibility index (Phi) is 3.05. The molecule has 0 bridgehead atoms. The highest BCUT2D eigenvalue weighted by Crippen LogP contribution is 2.37. The molecule has 0 radical (unpaired) electrons. The van der Waals surface area contributed by atoms with Crippen molar-refractivity contribution in [1.82, 2.24) is 0 Å². The van der Waals surface area contributed by atoms with Crippen molar-refractivity contribution in [2.75, 3.05) is 33.2 Å². The smallest absolute Gasteiger partial charge is 0.164 e. The number of rotatable bonds is 4. The minimum absolute atomic E-state index is 0.0837. The SMILES string of the molecule is COc1cc(N)c(OC2COC2)cc1OC. The van der Waals surface area contributed by atoms with Crippen LogP contribution in [0.1, 0.15) is 0 Å². The molecule has 1 aromatic rings. The molecule has 1 fully saturated rings. The molecule has 1 saturated heterocycles. The molecule has 88 valence electrons. The maximum Gasteiger partial charge on any atom is 0.164 e. The lowest BCUT2D eigenvalue weighted by molar-refractivity contribution is -0.0794. The maximum absolute atomic E-state index is 5.85. The number of nitrogen functional groups attached to an aromatic ring is 1. The molecule has 1 aliphatic heterocycles. The second kappa shape index (κ2) is 4.49. The third kappa shape index (κ3) is 1.99. The second-order valence-corrected chi connectivity index (χ2v) is 3.52. The molecule has 0 saturated carbocycles. The van der Waals surface area contributed by atoms with Gasteiger partial charge in [-0.2, -0.15) is 0 Å². The van der Waals surface area contributed by atoms with E-state index in [4.69, 9.17) is 24.7 Å². The zero-order chi connectivity index (χ0) is 11.5. The normalized spacial score (nSPS) is 15.4. The molecule has 0 aromatic heterocycles. The number of methoxy groups -OCH3 is 2. The highest BCUT2D eigenvalue weighted by molar-refractivity contribution is 5.62. The maximum atomic E-state index is 5.85. The molecule has 0 aliphatic carbocycles. The van der Waals surface area contributed by atoms with Crippen LogP contribution in [0.2, 0.25) is 0 Å². The van der Waals surface area contributed by atoms with Gasteiger partial charge in [-0.3, -0.25) is 0 Å². The fourth-order valence-corrected chi connectivity index (χ4v) is 1.44. The van der Waals surface area contributed by atoms with E-state index in [9.17, 15) is 0 Å². The summed E-state index contributed by atoms with van der Waals surface area (Å²) in [5.74, 6) is 1.80. The first-order chi connectivity index (χ1) is 7.74. The minimum Gasteiger partial charge on any atom is -0.493 e. The van der Waals surface area contributed by atoms with Crippen LogP contribution in [0.25, 0.3) is 0 Å². The van der Waals surface area contributed by atoms with Crippen LogP contribution in [-0.4, -0.2) is 33.5 Å². The van der Waals surface area contributed by atoms with Gasteiger partial charge in [-0.15, -0.1) is 0 Å². The van der Waals surface area contributed by atoms with Crippen molar-refractivity contribution in [3.05, 3.63) is 12.1 Å². The van der Waals surface area contributed by atoms with Crippen LogP contribution in [0.3, 0.4) is 0 Å². The van der Waals surface area contributed by atoms with Gasteiger partial charge in [0.15, 0.2) is 11.5 Å². The first kappa shape index (κ1) is 10.9. The fourth-order valence-electron chi connectivity index (χ4n) is 1.44. The first-order valence-corrected chi connectivity index (χ1v) is 5.00. The van der Waals surface area contributed by atoms with E-state index < -0.39 is 0 Å². The monoisotopic (exact) mass is 225 g/mol. The molecule has 1 heterocycles. The minimum atomic E-state index is 0.0837. The molecule has 0 atom stereocenters. The van der Waals surface area contributed by atoms with Crippen LogP contribution in [0.5, 0.6) is 17.2 Å². The Bertz CT molecular complexity index is 376. The molecular formula is C11H15NO4. The summed E-state index contributed by atoms with van der Waals surface area (Å²) in [4.78, 5) is 0. The van der Waals surface area contributed by atoms with Gasteiger partial charge in [0.25, 0.3) is 0 Å². The largest absolute Gasteiger partial charge is 0.493 e. The lowest BCUT2D eigenvalue weighted by Crippen LogP contribution is -2.38. The molecule has 1 aliphatic rings. The predicted octanol–water partition coefficient (Wildman–Crippen LogP) is 1.06. The van der Waals surface area contributed by atoms with Gasteiger partial charge in [-0.25, -0.2) is 0 Å². The Morgan fingerprint density at radius 1 is 1.12 bits per heavy atom. The Hall–Kier alpha value is -1.62. The summed E-state index contributed by atoms with van der Waals surface area (Å²) in [6.45, 7) is 1.21. The Morgan fingerprint density at radius 3 is 2.25 bits per heavy atom. The van der Waals surface area contributed by atoms with Crippen molar-refractivity contribution in [1.29, 1.82) is 0 Å². The second-order valence-electron chi connectivity index (χ2n) is 3.52. The van der Waals surface area contributed by atoms with E-state index in [-0.39, 0.29) is 6.10 Å². The summed E-state index contributed by atoms with van der Waals surface area (Å²) < 4.78 is 21.0. The van der Waals surface area contributed by atoms with Gasteiger partial charge >= 0.3 is 0 Å². The van der Waals surface area contributed by atoms with Gasteiger partial charge < -0.3 is 24.7 Å². The van der Waals surface area contributed by atoms with E-state index >= 15 is 0 Å². The molecule has 0 spiro atoms. The third-order valence-corrected chi connectivity index (χ3v) is 2.42. The van der Waals surface area contributed by atoms with Crippen LogP contribution in [0.15, 0.2) is 12.1 Å². The van der Waals surface area contributed by atoms with Gasteiger partial charge in [-0.1, -0.05) is 0 Å². The number of hydrogen-bond acceptors (Lipinski definition) is 5. The first-order valence-electron chi connectivity index (χ1n) is 5.00. The van der Waals surface area contributed by atoms with Crippen LogP contribution in [0, 0.1) is 0 Å². The third-order valence-electron chi connectivity index (χ3n) is 2.42. The molecule has 2 rings (SSSR count). The molecule has 0 amide bonds. The zero-order valence-electron chi connectivity index (χ0n) is 9.36. The number of hydrogen-bond donors (Lipinski definition) is 1. The van der Waals surface area contributed by atoms with Crippen LogP contribution >= 0.6 is 0 Å². The van der Waals surface area contributed by atoms with Crippen molar-refractivity contribution in [2.24, 2.45) is 0 Å². The molecule has 0 unspecified atom stereocenters. The van der Waals surface area contributed by atoms with Gasteiger partial charge in [0, 0.05) is 12.1 Å². The van der Waals surface area contributed by atoms with E-state index in [2.05, 4.69) is 0 Å². The Balaban J connectivity index is 2.22. The van der Waals surface area contributed by atoms with Crippen LogP contribution < -0.4 is 19.9 Å². The van der Waals surface area contributed by atoms with E-state index in [1.165, 1.54) is 0 Å². The van der Waals surface area contributed by atoms with Crippen LogP contribution in [-0.2, 0) is 4.74 Å². The van der Waals surface area contributed by atoms with Gasteiger partial charge in [0.1, 0.15) is 11.9 Å². The van der Waals surface area contributed by atoms with E-state index in [1.54, 1.807) is 26.4 Å². The molecule has 16 heavy (non-hydrogen) atoms. The Morgan fingerprint density at radius 2 is 1.75 bits per heavy atom. The summed E-state index contributed by atoms with van der Waals surface area (Å²) in [6, 6.07) is 3.42. The summed E-state index contributed by atoms with van der Waals surface area (Å²) in [6.07, 6.45) is 0.0837. The highest BCUT2D eigenvalue weighted by Gasteiger charge is 2.22. The summed E-state index contributed by atoms with van der Waals surface area (Å²) in [5, 5.41) is 0. The molecule has 2 N–H and O–H groups in total. The van der Waals surface area contributed by atoms with Gasteiger partial charge in [0.05, 0.1) is 33.1 Å². The lowest BCUT2D eigenvalue weighted by Gasteiger charge is -2.27. The topological polar surface area (TPSA) is 62.9 Å².